The minimum Gasteiger partial charge on any atom is -0.353 e. The molecule has 0 aromatic heterocycles. The van der Waals surface area contributed by atoms with Crippen LogP contribution in [0.5, 0.6) is 0 Å². The van der Waals surface area contributed by atoms with Crippen molar-refractivity contribution >= 4 is 34.8 Å². The Morgan fingerprint density at radius 2 is 1.77 bits per heavy atom. The Morgan fingerprint density at radius 3 is 2.46 bits per heavy atom. The normalized spacial score (nSPS) is 18.0. The average molecular weight is 394 g/mol. The van der Waals surface area contributed by atoms with Crippen LogP contribution in [0.15, 0.2) is 24.3 Å². The zero-order valence-corrected chi connectivity index (χ0v) is 16.7. The Kier molecular flexibility index (Phi) is 7.15. The number of nitrogens with zero attached hydrogens (tertiary/aromatic N) is 1. The van der Waals surface area contributed by atoms with Crippen LogP contribution in [-0.2, 0) is 11.3 Å². The number of carbonyl (C=O) groups excluding carboxylic acids is 1. The fraction of sp³-hybridized carbons (Fsp3) is 0.600. The molecule has 26 heavy (non-hydrogen) atoms. The molecule has 0 spiro atoms. The molecule has 1 aromatic rings. The number of rotatable bonds is 6. The molecule has 1 aromatic carbocycles. The van der Waals surface area contributed by atoms with E-state index >= 15 is 0 Å². The van der Waals surface area contributed by atoms with E-state index in [-0.39, 0.29) is 12.5 Å². The third-order valence-corrected chi connectivity index (χ3v) is 6.19. The van der Waals surface area contributed by atoms with E-state index in [1.165, 1.54) is 25.7 Å². The molecule has 3 rings (SSSR count). The summed E-state index contributed by atoms with van der Waals surface area (Å²) in [5.74, 6) is 0.0309. The number of benzene rings is 1. The van der Waals surface area contributed by atoms with Crippen LogP contribution in [0.4, 0.5) is 0 Å². The molecule has 0 unspecified atom stereocenters. The van der Waals surface area contributed by atoms with Gasteiger partial charge >= 0.3 is 0 Å². The maximum Gasteiger partial charge on any atom is 0.239 e. The zero-order chi connectivity index (χ0) is 18.4. The third kappa shape index (κ3) is 5.34. The molecule has 0 atom stereocenters. The van der Waals surface area contributed by atoms with Crippen LogP contribution in [0.25, 0.3) is 0 Å². The quantitative estimate of drug-likeness (QED) is 0.716. The van der Waals surface area contributed by atoms with Crippen molar-refractivity contribution in [3.63, 3.8) is 0 Å². The minimum atomic E-state index is 0.0309. The molecule has 2 aliphatic rings. The Bertz CT molecular complexity index is 627. The summed E-state index contributed by atoms with van der Waals surface area (Å²) in [7, 11) is 0. The van der Waals surface area contributed by atoms with E-state index in [0.717, 1.165) is 36.3 Å². The van der Waals surface area contributed by atoms with Gasteiger partial charge in [0, 0.05) is 23.7 Å². The lowest BCUT2D eigenvalue weighted by atomic mass is 10.1. The van der Waals surface area contributed by atoms with E-state index in [1.807, 2.05) is 24.3 Å². The highest BCUT2D eigenvalue weighted by Gasteiger charge is 2.26. The predicted molar refractivity (Wildman–Crippen MR) is 110 cm³/mol. The molecule has 0 radical (unpaired) electrons. The SMILES string of the molecule is O=C(CNC(=S)N(Cc1ccccc1Cl)C1CCCC1)NC1CCCC1. The second-order valence-corrected chi connectivity index (χ2v) is 8.16. The first-order chi connectivity index (χ1) is 12.6. The van der Waals surface area contributed by atoms with Gasteiger partial charge in [-0.2, -0.15) is 0 Å². The first-order valence-corrected chi connectivity index (χ1v) is 10.5. The van der Waals surface area contributed by atoms with Crippen molar-refractivity contribution in [3.8, 4) is 0 Å². The van der Waals surface area contributed by atoms with Gasteiger partial charge in [-0.1, -0.05) is 55.5 Å². The molecule has 2 aliphatic carbocycles. The fourth-order valence-corrected chi connectivity index (χ4v) is 4.48. The van der Waals surface area contributed by atoms with Crippen molar-refractivity contribution in [2.75, 3.05) is 6.54 Å². The van der Waals surface area contributed by atoms with Gasteiger partial charge in [-0.05, 0) is 49.5 Å². The summed E-state index contributed by atoms with van der Waals surface area (Å²) in [4.78, 5) is 14.4. The van der Waals surface area contributed by atoms with Crippen LogP contribution in [0.2, 0.25) is 5.02 Å². The zero-order valence-electron chi connectivity index (χ0n) is 15.2. The molecule has 0 aliphatic heterocycles. The van der Waals surface area contributed by atoms with Crippen molar-refractivity contribution in [2.24, 2.45) is 0 Å². The molecule has 0 bridgehead atoms. The van der Waals surface area contributed by atoms with Gasteiger partial charge in [0.1, 0.15) is 0 Å². The number of amides is 1. The minimum absolute atomic E-state index is 0.0309. The van der Waals surface area contributed by atoms with E-state index in [4.69, 9.17) is 23.8 Å². The molecule has 0 saturated heterocycles. The lowest BCUT2D eigenvalue weighted by Crippen LogP contribution is -2.48. The van der Waals surface area contributed by atoms with Crippen LogP contribution in [0.1, 0.15) is 56.9 Å². The van der Waals surface area contributed by atoms with E-state index in [0.29, 0.717) is 23.7 Å². The van der Waals surface area contributed by atoms with Gasteiger partial charge in [0.05, 0.1) is 6.54 Å². The van der Waals surface area contributed by atoms with Crippen molar-refractivity contribution in [3.05, 3.63) is 34.9 Å². The van der Waals surface area contributed by atoms with E-state index in [9.17, 15) is 4.79 Å². The molecule has 2 saturated carbocycles. The summed E-state index contributed by atoms with van der Waals surface area (Å²) < 4.78 is 0. The van der Waals surface area contributed by atoms with Crippen molar-refractivity contribution < 1.29 is 4.79 Å². The first kappa shape index (κ1) is 19.4. The average Bonchev–Trinajstić information content (AvgIpc) is 3.33. The lowest BCUT2D eigenvalue weighted by Gasteiger charge is -2.32. The van der Waals surface area contributed by atoms with Crippen molar-refractivity contribution in [1.29, 1.82) is 0 Å². The molecule has 0 heterocycles. The Labute approximate surface area is 166 Å². The van der Waals surface area contributed by atoms with Crippen LogP contribution in [0.3, 0.4) is 0 Å². The number of halogens is 1. The molecular formula is C20H28ClN3OS. The fourth-order valence-electron chi connectivity index (χ4n) is 4.00. The molecule has 142 valence electrons. The van der Waals surface area contributed by atoms with Gasteiger partial charge in [0.15, 0.2) is 5.11 Å². The Morgan fingerprint density at radius 1 is 1.12 bits per heavy atom. The predicted octanol–water partition coefficient (Wildman–Crippen LogP) is 4.02. The van der Waals surface area contributed by atoms with Gasteiger partial charge in [0.2, 0.25) is 5.91 Å². The third-order valence-electron chi connectivity index (χ3n) is 5.45. The maximum absolute atomic E-state index is 12.2. The smallest absolute Gasteiger partial charge is 0.239 e. The number of thiocarbonyl (C=S) groups is 1. The summed E-state index contributed by atoms with van der Waals surface area (Å²) in [6.45, 7) is 0.918. The van der Waals surface area contributed by atoms with Gasteiger partial charge in [-0.15, -0.1) is 0 Å². The van der Waals surface area contributed by atoms with Gasteiger partial charge in [-0.3, -0.25) is 4.79 Å². The monoisotopic (exact) mass is 393 g/mol. The van der Waals surface area contributed by atoms with Crippen molar-refractivity contribution in [1.82, 2.24) is 15.5 Å². The lowest BCUT2D eigenvalue weighted by molar-refractivity contribution is -0.120. The number of nitrogens with one attached hydrogen (secondary N) is 2. The highest BCUT2D eigenvalue weighted by atomic mass is 35.5. The summed E-state index contributed by atoms with van der Waals surface area (Å²) in [5, 5.41) is 7.69. The number of carbonyl (C=O) groups is 1. The molecule has 2 N–H and O–H groups in total. The van der Waals surface area contributed by atoms with Crippen LogP contribution < -0.4 is 10.6 Å². The number of hydrogen-bond donors (Lipinski definition) is 2. The molecule has 6 heteroatoms. The largest absolute Gasteiger partial charge is 0.353 e. The van der Waals surface area contributed by atoms with E-state index in [1.54, 1.807) is 0 Å². The van der Waals surface area contributed by atoms with Gasteiger partial charge in [0.25, 0.3) is 0 Å². The van der Waals surface area contributed by atoms with Crippen LogP contribution in [0, 0.1) is 0 Å². The van der Waals surface area contributed by atoms with E-state index < -0.39 is 0 Å². The number of hydrogen-bond acceptors (Lipinski definition) is 2. The summed E-state index contributed by atoms with van der Waals surface area (Å²) in [6.07, 6.45) is 9.35. The molecular weight excluding hydrogens is 366 g/mol. The molecule has 2 fully saturated rings. The first-order valence-electron chi connectivity index (χ1n) is 9.70. The summed E-state index contributed by atoms with van der Waals surface area (Å²) in [5.41, 5.74) is 1.07. The van der Waals surface area contributed by atoms with Crippen LogP contribution in [-0.4, -0.2) is 34.5 Å². The second kappa shape index (κ2) is 9.56. The highest BCUT2D eigenvalue weighted by Crippen LogP contribution is 2.27. The standard InChI is InChI=1S/C20H28ClN3OS/c21-18-12-6-1-7-15(18)14-24(17-10-4-5-11-17)20(26)22-13-19(25)23-16-8-2-3-9-16/h1,6-7,12,16-17H,2-5,8-11,13-14H2,(H,22,26)(H,23,25). The summed E-state index contributed by atoms with van der Waals surface area (Å²) >= 11 is 12.0. The Balaban J connectivity index is 1.57. The maximum atomic E-state index is 12.2. The van der Waals surface area contributed by atoms with Gasteiger partial charge in [-0.25, -0.2) is 0 Å². The van der Waals surface area contributed by atoms with Crippen molar-refractivity contribution in [2.45, 2.75) is 70.0 Å². The van der Waals surface area contributed by atoms with Crippen LogP contribution >= 0.6 is 23.8 Å². The molecule has 1 amide bonds. The topological polar surface area (TPSA) is 44.4 Å². The second-order valence-electron chi connectivity index (χ2n) is 7.37. The Hall–Kier alpha value is -1.33. The highest BCUT2D eigenvalue weighted by molar-refractivity contribution is 7.80. The van der Waals surface area contributed by atoms with Gasteiger partial charge < -0.3 is 15.5 Å². The van der Waals surface area contributed by atoms with E-state index in [2.05, 4.69) is 15.5 Å². The molecule has 4 nitrogen and oxygen atoms in total. The summed E-state index contributed by atoms with van der Waals surface area (Å²) in [6, 6.07) is 8.65.